The molecule has 1 aliphatic rings. The Hall–Kier alpha value is -2.15. The lowest BCUT2D eigenvalue weighted by Crippen LogP contribution is -2.23. The zero-order valence-electron chi connectivity index (χ0n) is 12.2. The monoisotopic (exact) mass is 289 g/mol. The van der Waals surface area contributed by atoms with Crippen molar-refractivity contribution in [2.24, 2.45) is 0 Å². The van der Waals surface area contributed by atoms with Crippen LogP contribution in [0.5, 0.6) is 0 Å². The highest BCUT2D eigenvalue weighted by molar-refractivity contribution is 5.92. The average Bonchev–Trinajstić information content (AvgIpc) is 3.16. The minimum absolute atomic E-state index is 0.209. The van der Waals surface area contributed by atoms with Crippen molar-refractivity contribution in [3.05, 3.63) is 35.0 Å². The van der Waals surface area contributed by atoms with Gasteiger partial charge in [0.15, 0.2) is 0 Å². The molecule has 0 saturated carbocycles. The molecule has 0 aromatic carbocycles. The van der Waals surface area contributed by atoms with Gasteiger partial charge in [-0.1, -0.05) is 5.16 Å². The fourth-order valence-electron chi connectivity index (χ4n) is 2.69. The second-order valence-electron chi connectivity index (χ2n) is 5.46. The van der Waals surface area contributed by atoms with Gasteiger partial charge in [-0.25, -0.2) is 0 Å². The van der Waals surface area contributed by atoms with Crippen LogP contribution < -0.4 is 5.32 Å². The van der Waals surface area contributed by atoms with E-state index in [-0.39, 0.29) is 5.91 Å². The Morgan fingerprint density at radius 3 is 3.10 bits per heavy atom. The quantitative estimate of drug-likeness (QED) is 0.888. The predicted molar refractivity (Wildman–Crippen MR) is 75.6 cm³/mol. The second-order valence-corrected chi connectivity index (χ2v) is 5.46. The number of nitrogens with one attached hydrogen (secondary N) is 2. The topological polar surface area (TPSA) is 87.0 Å². The minimum Gasteiger partial charge on any atom is -0.361 e. The third-order valence-corrected chi connectivity index (χ3v) is 3.82. The number of nitrogens with zero attached hydrogens (tertiary/aromatic N) is 3. The third kappa shape index (κ3) is 2.97. The number of H-pyrrole nitrogens is 1. The van der Waals surface area contributed by atoms with Gasteiger partial charge in [-0.15, -0.1) is 0 Å². The van der Waals surface area contributed by atoms with Crippen LogP contribution in [0.3, 0.4) is 0 Å². The molecule has 21 heavy (non-hydrogen) atoms. The van der Waals surface area contributed by atoms with Gasteiger partial charge in [0, 0.05) is 6.07 Å². The summed E-state index contributed by atoms with van der Waals surface area (Å²) in [5.74, 6) is 0.518. The molecule has 2 aromatic heterocycles. The molecular weight excluding hydrogens is 270 g/mol. The number of amides is 1. The summed E-state index contributed by atoms with van der Waals surface area (Å²) in [5.41, 5.74) is 2.11. The van der Waals surface area contributed by atoms with E-state index >= 15 is 0 Å². The van der Waals surface area contributed by atoms with Crippen LogP contribution in [0, 0.1) is 6.92 Å². The van der Waals surface area contributed by atoms with Crippen LogP contribution in [0.1, 0.15) is 46.5 Å². The summed E-state index contributed by atoms with van der Waals surface area (Å²) in [4.78, 5) is 14.3. The van der Waals surface area contributed by atoms with Gasteiger partial charge in [0.25, 0.3) is 5.91 Å². The van der Waals surface area contributed by atoms with E-state index in [1.54, 1.807) is 6.07 Å². The van der Waals surface area contributed by atoms with Crippen LogP contribution in [0.25, 0.3) is 0 Å². The van der Waals surface area contributed by atoms with Gasteiger partial charge in [0.2, 0.25) is 0 Å². The maximum Gasteiger partial charge on any atom is 0.272 e. The summed E-state index contributed by atoms with van der Waals surface area (Å²) >= 11 is 0. The zero-order chi connectivity index (χ0) is 14.8. The highest BCUT2D eigenvalue weighted by Gasteiger charge is 2.25. The molecule has 0 radical (unpaired) electrons. The number of hydrogen-bond acceptors (Lipinski definition) is 5. The number of carbonyl (C=O) groups is 1. The number of likely N-dealkylation sites (tertiary alicyclic amines) is 1. The van der Waals surface area contributed by atoms with Crippen LogP contribution in [-0.4, -0.2) is 39.8 Å². The van der Waals surface area contributed by atoms with Crippen molar-refractivity contribution in [1.82, 2.24) is 25.6 Å². The van der Waals surface area contributed by atoms with Crippen LogP contribution in [0.2, 0.25) is 0 Å². The van der Waals surface area contributed by atoms with Crippen LogP contribution >= 0.6 is 0 Å². The Labute approximate surface area is 122 Å². The number of aryl methyl sites for hydroxylation is 1. The van der Waals surface area contributed by atoms with E-state index in [0.717, 1.165) is 24.4 Å². The number of aromatic nitrogens is 3. The molecule has 7 nitrogen and oxygen atoms in total. The Morgan fingerprint density at radius 1 is 1.57 bits per heavy atom. The first-order valence-electron chi connectivity index (χ1n) is 7.09. The van der Waals surface area contributed by atoms with Crippen molar-refractivity contribution in [2.75, 3.05) is 13.6 Å². The van der Waals surface area contributed by atoms with Crippen LogP contribution in [0.15, 0.2) is 16.7 Å². The van der Waals surface area contributed by atoms with Gasteiger partial charge in [0.05, 0.1) is 18.3 Å². The first kappa shape index (κ1) is 13.8. The largest absolute Gasteiger partial charge is 0.361 e. The Morgan fingerprint density at radius 2 is 2.43 bits per heavy atom. The first-order valence-corrected chi connectivity index (χ1v) is 7.09. The molecule has 1 atom stereocenters. The molecule has 1 fully saturated rings. The molecule has 7 heteroatoms. The number of hydrogen-bond donors (Lipinski definition) is 2. The number of carbonyl (C=O) groups excluding carboxylic acids is 1. The first-order chi connectivity index (χ1) is 10.1. The van der Waals surface area contributed by atoms with E-state index in [1.165, 1.54) is 6.42 Å². The lowest BCUT2D eigenvalue weighted by atomic mass is 10.1. The summed E-state index contributed by atoms with van der Waals surface area (Å²) < 4.78 is 4.96. The maximum atomic E-state index is 12.1. The van der Waals surface area contributed by atoms with Gasteiger partial charge < -0.3 is 9.84 Å². The van der Waals surface area contributed by atoms with E-state index < -0.39 is 0 Å². The van der Waals surface area contributed by atoms with Crippen molar-refractivity contribution >= 4 is 5.91 Å². The fourth-order valence-corrected chi connectivity index (χ4v) is 2.69. The average molecular weight is 289 g/mol. The smallest absolute Gasteiger partial charge is 0.272 e. The van der Waals surface area contributed by atoms with Crippen LogP contribution in [0.4, 0.5) is 0 Å². The number of aromatic amines is 1. The van der Waals surface area contributed by atoms with Crippen molar-refractivity contribution in [3.8, 4) is 0 Å². The molecule has 1 amide bonds. The molecule has 0 spiro atoms. The Balaban J connectivity index is 1.61. The van der Waals surface area contributed by atoms with Gasteiger partial charge in [-0.3, -0.25) is 14.8 Å². The lowest BCUT2D eigenvalue weighted by Gasteiger charge is -2.16. The van der Waals surface area contributed by atoms with Crippen molar-refractivity contribution in [2.45, 2.75) is 32.4 Å². The summed E-state index contributed by atoms with van der Waals surface area (Å²) in [6.07, 6.45) is 2.27. The van der Waals surface area contributed by atoms with Gasteiger partial charge in [0.1, 0.15) is 17.1 Å². The summed E-state index contributed by atoms with van der Waals surface area (Å²) in [6, 6.07) is 3.96. The highest BCUT2D eigenvalue weighted by atomic mass is 16.5. The van der Waals surface area contributed by atoms with Gasteiger partial charge in [-0.05, 0) is 39.4 Å². The predicted octanol–water partition coefficient (Wildman–Crippen LogP) is 1.40. The summed E-state index contributed by atoms with van der Waals surface area (Å²) in [6.45, 7) is 3.23. The molecule has 1 aliphatic heterocycles. The third-order valence-electron chi connectivity index (χ3n) is 3.82. The van der Waals surface area contributed by atoms with Crippen LogP contribution in [-0.2, 0) is 6.54 Å². The van der Waals surface area contributed by atoms with E-state index in [1.807, 2.05) is 13.0 Å². The normalized spacial score (nSPS) is 19.0. The lowest BCUT2D eigenvalue weighted by molar-refractivity contribution is 0.0945. The number of rotatable bonds is 4. The molecule has 3 heterocycles. The highest BCUT2D eigenvalue weighted by Crippen LogP contribution is 2.29. The fraction of sp³-hybridized carbons (Fsp3) is 0.500. The van der Waals surface area contributed by atoms with Gasteiger partial charge >= 0.3 is 0 Å². The Kier molecular flexibility index (Phi) is 3.74. The standard InChI is InChI=1S/C14H19N5O2/c1-9-6-10(18-21-9)8-15-14(20)12-7-11(16-17-12)13-4-3-5-19(13)2/h6-7,13H,3-5,8H2,1-2H3,(H,15,20)(H,16,17). The zero-order valence-corrected chi connectivity index (χ0v) is 12.2. The molecule has 1 unspecified atom stereocenters. The molecule has 112 valence electrons. The molecule has 0 bridgehead atoms. The second kappa shape index (κ2) is 5.69. The minimum atomic E-state index is -0.209. The van der Waals surface area contributed by atoms with Crippen molar-refractivity contribution in [1.29, 1.82) is 0 Å². The van der Waals surface area contributed by atoms with Crippen molar-refractivity contribution in [3.63, 3.8) is 0 Å². The van der Waals surface area contributed by atoms with Crippen molar-refractivity contribution < 1.29 is 9.32 Å². The van der Waals surface area contributed by atoms with E-state index in [0.29, 0.717) is 24.0 Å². The van der Waals surface area contributed by atoms with Gasteiger partial charge in [-0.2, -0.15) is 5.10 Å². The molecule has 2 N–H and O–H groups in total. The maximum absolute atomic E-state index is 12.1. The molecular formula is C14H19N5O2. The summed E-state index contributed by atoms with van der Waals surface area (Å²) in [5, 5.41) is 13.7. The molecule has 2 aromatic rings. The SMILES string of the molecule is Cc1cc(CNC(=O)c2cc(C3CCCN3C)[nH]n2)no1. The van der Waals surface area contributed by atoms with E-state index in [4.69, 9.17) is 4.52 Å². The van der Waals surface area contributed by atoms with E-state index in [9.17, 15) is 4.79 Å². The molecule has 1 saturated heterocycles. The molecule has 3 rings (SSSR count). The molecule has 0 aliphatic carbocycles. The summed E-state index contributed by atoms with van der Waals surface area (Å²) in [7, 11) is 2.09. The Bertz CT molecular complexity index is 633. The van der Waals surface area contributed by atoms with E-state index in [2.05, 4.69) is 32.6 Å².